The fourth-order valence-corrected chi connectivity index (χ4v) is 3.94. The van der Waals surface area contributed by atoms with E-state index < -0.39 is 0 Å². The van der Waals surface area contributed by atoms with E-state index in [2.05, 4.69) is 11.4 Å². The van der Waals surface area contributed by atoms with Gasteiger partial charge in [-0.05, 0) is 36.8 Å². The number of fused-ring (bicyclic) bond motifs is 1. The smallest absolute Gasteiger partial charge is 0.225 e. The Bertz CT molecular complexity index is 412. The number of carbonyl (C=O) groups excluding carboxylic acids is 1. The molecule has 0 bridgehead atoms. The summed E-state index contributed by atoms with van der Waals surface area (Å²) in [7, 11) is 0. The number of rotatable bonds is 3. The minimum absolute atomic E-state index is 0.182. The molecule has 1 aliphatic heterocycles. The third-order valence-corrected chi connectivity index (χ3v) is 4.92. The van der Waals surface area contributed by atoms with Crippen molar-refractivity contribution < 1.29 is 9.53 Å². The van der Waals surface area contributed by atoms with Crippen molar-refractivity contribution in [2.75, 3.05) is 11.9 Å². The Hall–Kier alpha value is -0.870. The quantitative estimate of drug-likeness (QED) is 0.910. The molecule has 1 amide bonds. The summed E-state index contributed by atoms with van der Waals surface area (Å²) >= 11 is 1.66. The number of anilines is 1. The van der Waals surface area contributed by atoms with Crippen LogP contribution in [0.4, 0.5) is 5.00 Å². The highest BCUT2D eigenvalue weighted by atomic mass is 32.1. The van der Waals surface area contributed by atoms with Gasteiger partial charge in [-0.1, -0.05) is 12.8 Å². The van der Waals surface area contributed by atoms with Crippen molar-refractivity contribution in [1.29, 1.82) is 0 Å². The van der Waals surface area contributed by atoms with E-state index >= 15 is 0 Å². The van der Waals surface area contributed by atoms with Gasteiger partial charge < -0.3 is 10.1 Å². The SMILES string of the molecule is O=C(CC1CCCC1)Nc1cc2c(s1)COCC2. The van der Waals surface area contributed by atoms with Crippen LogP contribution in [0.1, 0.15) is 42.5 Å². The molecule has 1 saturated carbocycles. The van der Waals surface area contributed by atoms with Gasteiger partial charge in [0.1, 0.15) is 0 Å². The lowest BCUT2D eigenvalue weighted by molar-refractivity contribution is -0.117. The highest BCUT2D eigenvalue weighted by Gasteiger charge is 2.20. The molecule has 1 aliphatic carbocycles. The van der Waals surface area contributed by atoms with Gasteiger partial charge >= 0.3 is 0 Å². The molecule has 4 heteroatoms. The normalized spacial score (nSPS) is 19.8. The van der Waals surface area contributed by atoms with Crippen LogP contribution in [0, 0.1) is 5.92 Å². The molecule has 0 saturated heterocycles. The third-order valence-electron chi connectivity index (χ3n) is 3.86. The van der Waals surface area contributed by atoms with Gasteiger partial charge in [-0.25, -0.2) is 0 Å². The summed E-state index contributed by atoms with van der Waals surface area (Å²) in [5, 5.41) is 4.04. The van der Waals surface area contributed by atoms with Gasteiger partial charge in [-0.15, -0.1) is 11.3 Å². The van der Waals surface area contributed by atoms with E-state index in [1.165, 1.54) is 36.1 Å². The van der Waals surface area contributed by atoms with E-state index in [0.29, 0.717) is 18.9 Å². The van der Waals surface area contributed by atoms with Gasteiger partial charge in [-0.2, -0.15) is 0 Å². The van der Waals surface area contributed by atoms with Gasteiger partial charge in [0, 0.05) is 11.3 Å². The standard InChI is InChI=1S/C14H19NO2S/c16-13(7-10-3-1-2-4-10)15-14-8-11-5-6-17-9-12(11)18-14/h8,10H,1-7,9H2,(H,15,16). The number of ether oxygens (including phenoxy) is 1. The van der Waals surface area contributed by atoms with Gasteiger partial charge in [0.05, 0.1) is 18.2 Å². The Labute approximate surface area is 112 Å². The Morgan fingerprint density at radius 3 is 3.06 bits per heavy atom. The summed E-state index contributed by atoms with van der Waals surface area (Å²) in [6.45, 7) is 1.51. The van der Waals surface area contributed by atoms with Gasteiger partial charge in [0.15, 0.2) is 0 Å². The molecule has 0 aromatic carbocycles. The van der Waals surface area contributed by atoms with Crippen molar-refractivity contribution in [2.24, 2.45) is 5.92 Å². The van der Waals surface area contributed by atoms with Crippen LogP contribution in [0.3, 0.4) is 0 Å². The molecule has 0 atom stereocenters. The molecule has 0 spiro atoms. The van der Waals surface area contributed by atoms with Gasteiger partial charge in [-0.3, -0.25) is 4.79 Å². The van der Waals surface area contributed by atoms with Crippen LogP contribution in [0.15, 0.2) is 6.07 Å². The second-order valence-electron chi connectivity index (χ2n) is 5.26. The first-order valence-electron chi connectivity index (χ1n) is 6.80. The molecule has 2 aliphatic rings. The Morgan fingerprint density at radius 1 is 1.44 bits per heavy atom. The number of amides is 1. The molecule has 1 aromatic rings. The number of hydrogen-bond acceptors (Lipinski definition) is 3. The van der Waals surface area contributed by atoms with Crippen LogP contribution in [0.25, 0.3) is 0 Å². The molecule has 0 radical (unpaired) electrons. The van der Waals surface area contributed by atoms with Crippen LogP contribution in [-0.4, -0.2) is 12.5 Å². The first kappa shape index (κ1) is 12.2. The molecule has 1 aromatic heterocycles. The lowest BCUT2D eigenvalue weighted by Crippen LogP contribution is -2.14. The topological polar surface area (TPSA) is 38.3 Å². The molecular weight excluding hydrogens is 246 g/mol. The average Bonchev–Trinajstić information content (AvgIpc) is 2.96. The van der Waals surface area contributed by atoms with Crippen molar-refractivity contribution in [2.45, 2.75) is 45.1 Å². The van der Waals surface area contributed by atoms with Crippen LogP contribution >= 0.6 is 11.3 Å². The number of nitrogens with one attached hydrogen (secondary N) is 1. The van der Waals surface area contributed by atoms with Crippen molar-refractivity contribution in [3.8, 4) is 0 Å². The number of carbonyl (C=O) groups is 1. The summed E-state index contributed by atoms with van der Waals surface area (Å²) < 4.78 is 5.42. The highest BCUT2D eigenvalue weighted by molar-refractivity contribution is 7.16. The van der Waals surface area contributed by atoms with E-state index in [-0.39, 0.29) is 5.91 Å². The predicted octanol–water partition coefficient (Wildman–Crippen LogP) is 3.34. The maximum absolute atomic E-state index is 11.9. The van der Waals surface area contributed by atoms with Crippen molar-refractivity contribution in [3.05, 3.63) is 16.5 Å². The lowest BCUT2D eigenvalue weighted by atomic mass is 10.0. The third kappa shape index (κ3) is 2.75. The highest BCUT2D eigenvalue weighted by Crippen LogP contribution is 2.32. The molecule has 18 heavy (non-hydrogen) atoms. The van der Waals surface area contributed by atoms with E-state index in [1.807, 2.05) is 0 Å². The molecule has 3 nitrogen and oxygen atoms in total. The summed E-state index contributed by atoms with van der Waals surface area (Å²) in [6.07, 6.45) is 6.71. The molecule has 1 fully saturated rings. The van der Waals surface area contributed by atoms with Crippen molar-refractivity contribution in [3.63, 3.8) is 0 Å². The number of hydrogen-bond donors (Lipinski definition) is 1. The average molecular weight is 265 g/mol. The second kappa shape index (κ2) is 5.41. The van der Waals surface area contributed by atoms with E-state index in [4.69, 9.17) is 4.74 Å². The van der Waals surface area contributed by atoms with E-state index in [0.717, 1.165) is 18.0 Å². The molecule has 2 heterocycles. The Kier molecular flexibility index (Phi) is 3.66. The minimum Gasteiger partial charge on any atom is -0.376 e. The second-order valence-corrected chi connectivity index (χ2v) is 6.40. The van der Waals surface area contributed by atoms with Crippen LogP contribution in [0.2, 0.25) is 0 Å². The fraction of sp³-hybridized carbons (Fsp3) is 0.643. The van der Waals surface area contributed by atoms with Crippen LogP contribution in [0.5, 0.6) is 0 Å². The minimum atomic E-state index is 0.182. The molecule has 1 N–H and O–H groups in total. The zero-order chi connectivity index (χ0) is 12.4. The zero-order valence-corrected chi connectivity index (χ0v) is 11.4. The molecule has 0 unspecified atom stereocenters. The maximum atomic E-state index is 11.9. The lowest BCUT2D eigenvalue weighted by Gasteiger charge is -2.10. The summed E-state index contributed by atoms with van der Waals surface area (Å²) in [6, 6.07) is 2.12. The van der Waals surface area contributed by atoms with Crippen LogP contribution < -0.4 is 5.32 Å². The first-order valence-corrected chi connectivity index (χ1v) is 7.62. The number of thiophene rings is 1. The van der Waals surface area contributed by atoms with Gasteiger partial charge in [0.2, 0.25) is 5.91 Å². The van der Waals surface area contributed by atoms with E-state index in [1.54, 1.807) is 11.3 Å². The van der Waals surface area contributed by atoms with Crippen LogP contribution in [-0.2, 0) is 22.6 Å². The maximum Gasteiger partial charge on any atom is 0.225 e. The monoisotopic (exact) mass is 265 g/mol. The Morgan fingerprint density at radius 2 is 2.28 bits per heavy atom. The van der Waals surface area contributed by atoms with Gasteiger partial charge in [0.25, 0.3) is 0 Å². The summed E-state index contributed by atoms with van der Waals surface area (Å²) in [5.74, 6) is 0.796. The van der Waals surface area contributed by atoms with Crippen molar-refractivity contribution in [1.82, 2.24) is 0 Å². The largest absolute Gasteiger partial charge is 0.376 e. The first-order chi connectivity index (χ1) is 8.81. The fourth-order valence-electron chi connectivity index (χ4n) is 2.87. The van der Waals surface area contributed by atoms with Crippen molar-refractivity contribution >= 4 is 22.2 Å². The zero-order valence-electron chi connectivity index (χ0n) is 10.5. The van der Waals surface area contributed by atoms with E-state index in [9.17, 15) is 4.79 Å². The summed E-state index contributed by atoms with van der Waals surface area (Å²) in [4.78, 5) is 13.2. The Balaban J connectivity index is 1.58. The molecular formula is C14H19NO2S. The predicted molar refractivity (Wildman–Crippen MR) is 72.9 cm³/mol. The summed E-state index contributed by atoms with van der Waals surface area (Å²) in [5.41, 5.74) is 1.35. The molecule has 98 valence electrons. The molecule has 3 rings (SSSR count).